The summed E-state index contributed by atoms with van der Waals surface area (Å²) >= 11 is 0. The van der Waals surface area contributed by atoms with Gasteiger partial charge in [-0.05, 0) is 0 Å². The van der Waals surface area contributed by atoms with Crippen LogP contribution in [-0.4, -0.2) is 0 Å². The Balaban J connectivity index is -0.000000333. The van der Waals surface area contributed by atoms with Crippen molar-refractivity contribution < 1.29 is 69.7 Å². The molecule has 1 aliphatic rings. The second-order valence-electron chi connectivity index (χ2n) is 3.62. The first-order valence-electron chi connectivity index (χ1n) is 3.75. The van der Waals surface area contributed by atoms with Crippen molar-refractivity contribution in [2.24, 2.45) is 5.41 Å². The topological polar surface area (TPSA) is 0 Å². The maximum absolute atomic E-state index is 3.44. The third-order valence-corrected chi connectivity index (χ3v) is 2.56. The molecule has 0 aromatic carbocycles. The van der Waals surface area contributed by atoms with Crippen LogP contribution in [0.2, 0.25) is 0 Å². The summed E-state index contributed by atoms with van der Waals surface area (Å²) in [5.41, 5.74) is 4.39. The van der Waals surface area contributed by atoms with E-state index in [1.54, 1.807) is 0 Å². The molecule has 0 aliphatic heterocycles. The molecule has 0 atom stereocenters. The Bertz CT molecular complexity index is 227. The smallest absolute Gasteiger partial charge is 1.00 e. The van der Waals surface area contributed by atoms with E-state index in [0.29, 0.717) is 0 Å². The fraction of sp³-hybridized carbons (Fsp3) is 0.600. The molecule has 0 heterocycles. The Morgan fingerprint density at radius 1 is 1.00 bits per heavy atom. The number of rotatable bonds is 0. The van der Waals surface area contributed by atoms with Gasteiger partial charge in [-0.2, -0.15) is 11.1 Å². The van der Waals surface area contributed by atoms with Gasteiger partial charge < -0.3 is 48.0 Å². The Labute approximate surface area is 131 Å². The third-order valence-electron chi connectivity index (χ3n) is 2.56. The number of halogens is 2. The number of hydrogen-bond acceptors (Lipinski definition) is 0. The van der Waals surface area contributed by atoms with Gasteiger partial charge in [0.2, 0.25) is 0 Å². The molecule has 0 N–H and O–H groups in total. The number of allylic oxidation sites excluding steroid dienone is 4. The van der Waals surface area contributed by atoms with Gasteiger partial charge in [0.15, 0.2) is 0 Å². The van der Waals surface area contributed by atoms with E-state index in [4.69, 9.17) is 0 Å². The first-order chi connectivity index (χ1) is 4.45. The van der Waals surface area contributed by atoms with Crippen molar-refractivity contribution in [3.8, 4) is 0 Å². The minimum atomic E-state index is 0. The van der Waals surface area contributed by atoms with Crippen molar-refractivity contribution in [2.75, 3.05) is 0 Å². The molecule has 1 aliphatic carbocycles. The molecule has 13 heavy (non-hydrogen) atoms. The maximum atomic E-state index is 3.44. The molecule has 0 saturated heterocycles. The minimum absolute atomic E-state index is 0. The SMILES string of the molecule is CC1=[C-]C(C)(C)C(C)=C1C.[I-].[I-].[Ti+3]. The molecule has 0 fully saturated rings. The normalized spacial score (nSPS) is 18.1. The van der Waals surface area contributed by atoms with Gasteiger partial charge in [0.05, 0.1) is 0 Å². The summed E-state index contributed by atoms with van der Waals surface area (Å²) in [6.07, 6.45) is 3.44. The molecular formula is C10H15I2Ti. The van der Waals surface area contributed by atoms with E-state index < -0.39 is 0 Å². The summed E-state index contributed by atoms with van der Waals surface area (Å²) in [5.74, 6) is 0. The van der Waals surface area contributed by atoms with E-state index in [1.807, 2.05) is 0 Å². The van der Waals surface area contributed by atoms with E-state index in [0.717, 1.165) is 0 Å². The van der Waals surface area contributed by atoms with Crippen LogP contribution in [0.1, 0.15) is 34.6 Å². The van der Waals surface area contributed by atoms with E-state index in [-0.39, 0.29) is 75.1 Å². The van der Waals surface area contributed by atoms with Crippen molar-refractivity contribution in [3.63, 3.8) is 0 Å². The molecule has 73 valence electrons. The fourth-order valence-corrected chi connectivity index (χ4v) is 1.41. The molecule has 0 bridgehead atoms. The van der Waals surface area contributed by atoms with Gasteiger partial charge >= 0.3 is 21.7 Å². The second-order valence-corrected chi connectivity index (χ2v) is 3.62. The van der Waals surface area contributed by atoms with Crippen LogP contribution in [0.15, 0.2) is 16.7 Å². The van der Waals surface area contributed by atoms with Crippen molar-refractivity contribution in [1.29, 1.82) is 0 Å². The van der Waals surface area contributed by atoms with Crippen molar-refractivity contribution in [1.82, 2.24) is 0 Å². The van der Waals surface area contributed by atoms with Crippen LogP contribution >= 0.6 is 0 Å². The molecule has 0 saturated carbocycles. The second kappa shape index (κ2) is 7.02. The van der Waals surface area contributed by atoms with E-state index in [9.17, 15) is 0 Å². The van der Waals surface area contributed by atoms with Crippen LogP contribution in [0, 0.1) is 11.5 Å². The Morgan fingerprint density at radius 2 is 1.38 bits per heavy atom. The predicted octanol–water partition coefficient (Wildman–Crippen LogP) is -2.88. The van der Waals surface area contributed by atoms with Gasteiger partial charge in [-0.25, -0.2) is 5.57 Å². The van der Waals surface area contributed by atoms with E-state index >= 15 is 0 Å². The largest absolute Gasteiger partial charge is 3.00 e. The first kappa shape index (κ1) is 20.1. The predicted molar refractivity (Wildman–Crippen MR) is 44.6 cm³/mol. The van der Waals surface area contributed by atoms with Crippen LogP contribution in [0.3, 0.4) is 0 Å². The quantitative estimate of drug-likeness (QED) is 0.217. The zero-order valence-corrected chi connectivity index (χ0v) is 14.6. The molecular weight excluding hydrogens is 422 g/mol. The minimum Gasteiger partial charge on any atom is -1.00 e. The summed E-state index contributed by atoms with van der Waals surface area (Å²) < 4.78 is 0. The summed E-state index contributed by atoms with van der Waals surface area (Å²) in [4.78, 5) is 0. The van der Waals surface area contributed by atoms with Crippen molar-refractivity contribution in [2.45, 2.75) is 34.6 Å². The Kier molecular flexibility index (Phi) is 10.9. The summed E-state index contributed by atoms with van der Waals surface area (Å²) in [5, 5.41) is 0. The van der Waals surface area contributed by atoms with Gasteiger partial charge in [-0.1, -0.05) is 33.1 Å². The molecule has 0 unspecified atom stereocenters. The third kappa shape index (κ3) is 4.35. The molecule has 1 radical (unpaired) electrons. The zero-order chi connectivity index (χ0) is 7.94. The molecule has 0 aromatic rings. The monoisotopic (exact) mass is 437 g/mol. The van der Waals surface area contributed by atoms with E-state index in [1.165, 1.54) is 16.7 Å². The van der Waals surface area contributed by atoms with Crippen LogP contribution in [0.25, 0.3) is 0 Å². The molecule has 0 spiro atoms. The van der Waals surface area contributed by atoms with Crippen LogP contribution in [0.4, 0.5) is 0 Å². The fourth-order valence-electron chi connectivity index (χ4n) is 1.41. The van der Waals surface area contributed by atoms with Gasteiger partial charge in [0.25, 0.3) is 0 Å². The van der Waals surface area contributed by atoms with Crippen LogP contribution in [-0.2, 0) is 21.7 Å². The van der Waals surface area contributed by atoms with Crippen LogP contribution in [0.5, 0.6) is 0 Å². The molecule has 1 rings (SSSR count). The van der Waals surface area contributed by atoms with Gasteiger partial charge in [0.1, 0.15) is 0 Å². The summed E-state index contributed by atoms with van der Waals surface area (Å²) in [6.45, 7) is 10.9. The molecule has 0 amide bonds. The summed E-state index contributed by atoms with van der Waals surface area (Å²) in [6, 6.07) is 0. The first-order valence-corrected chi connectivity index (χ1v) is 3.75. The summed E-state index contributed by atoms with van der Waals surface area (Å²) in [7, 11) is 0. The van der Waals surface area contributed by atoms with Gasteiger partial charge in [-0.15, -0.1) is 6.92 Å². The maximum Gasteiger partial charge on any atom is 3.00 e. The molecule has 3 heteroatoms. The average Bonchev–Trinajstić information content (AvgIpc) is 1.95. The van der Waals surface area contributed by atoms with Crippen LogP contribution < -0.4 is 48.0 Å². The number of hydrogen-bond donors (Lipinski definition) is 0. The van der Waals surface area contributed by atoms with Gasteiger partial charge in [-0.3, -0.25) is 6.08 Å². The average molecular weight is 437 g/mol. The Morgan fingerprint density at radius 3 is 1.46 bits per heavy atom. The van der Waals surface area contributed by atoms with Crippen molar-refractivity contribution >= 4 is 0 Å². The molecule has 0 nitrogen and oxygen atoms in total. The van der Waals surface area contributed by atoms with Crippen molar-refractivity contribution in [3.05, 3.63) is 22.8 Å². The zero-order valence-electron chi connectivity index (χ0n) is 8.76. The molecule has 0 aromatic heterocycles. The van der Waals surface area contributed by atoms with Gasteiger partial charge in [0, 0.05) is 0 Å². The Hall–Kier alpha value is 1.65. The standard InChI is InChI=1S/C10H15.2HI.Ti/c1-7-6-10(4,5)9(3)8(7)2;;;/h1-5H3;2*1H;/q-1;;;+3/p-2. The van der Waals surface area contributed by atoms with E-state index in [2.05, 4.69) is 40.7 Å².